The van der Waals surface area contributed by atoms with Crippen LogP contribution in [0.1, 0.15) is 98.9 Å². The van der Waals surface area contributed by atoms with Crippen LogP contribution in [0.5, 0.6) is 0 Å². The fourth-order valence-electron chi connectivity index (χ4n) is 3.36. The molecule has 0 radical (unpaired) electrons. The van der Waals surface area contributed by atoms with Gasteiger partial charge in [-0.05, 0) is 76.7 Å². The van der Waals surface area contributed by atoms with Gasteiger partial charge in [-0.1, -0.05) is 107 Å². The van der Waals surface area contributed by atoms with Crippen LogP contribution in [0.3, 0.4) is 0 Å². The summed E-state index contributed by atoms with van der Waals surface area (Å²) in [5, 5.41) is 0. The molecule has 164 valence electrons. The van der Waals surface area contributed by atoms with Gasteiger partial charge in [0.05, 0.1) is 0 Å². The first-order chi connectivity index (χ1) is 12.3. The summed E-state index contributed by atoms with van der Waals surface area (Å²) in [6.45, 7) is 17.4. The van der Waals surface area contributed by atoms with Crippen molar-refractivity contribution in [2.24, 2.45) is 0 Å². The summed E-state index contributed by atoms with van der Waals surface area (Å²) in [6.07, 6.45) is 2.23. The van der Waals surface area contributed by atoms with Crippen molar-refractivity contribution in [2.45, 2.75) is 90.5 Å². The quantitative estimate of drug-likeness (QED) is 0.482. The smallest absolute Gasteiger partial charge is 0.0223 e. The first-order valence-electron chi connectivity index (χ1n) is 9.76. The molecule has 0 amide bonds. The van der Waals surface area contributed by atoms with E-state index in [4.69, 9.17) is 0 Å². The molecule has 0 aliphatic heterocycles. The molecular formula is C29H48. The second kappa shape index (κ2) is 15.8. The lowest BCUT2D eigenvalue weighted by molar-refractivity contribution is 1.19. The van der Waals surface area contributed by atoms with E-state index in [2.05, 4.69) is 104 Å². The van der Waals surface area contributed by atoms with Gasteiger partial charge in [0.25, 0.3) is 0 Å². The molecule has 0 heterocycles. The second-order valence-corrected chi connectivity index (χ2v) is 7.40. The number of hydrogen-bond acceptors (Lipinski definition) is 0. The average Bonchev–Trinajstić information content (AvgIpc) is 2.56. The van der Waals surface area contributed by atoms with Crippen molar-refractivity contribution in [3.8, 4) is 0 Å². The molecule has 2 rings (SSSR count). The summed E-state index contributed by atoms with van der Waals surface area (Å²) < 4.78 is 0. The largest absolute Gasteiger partial charge is 0.0776 e. The van der Waals surface area contributed by atoms with E-state index in [9.17, 15) is 0 Å². The van der Waals surface area contributed by atoms with Crippen LogP contribution in [-0.4, -0.2) is 0 Å². The van der Waals surface area contributed by atoms with Crippen LogP contribution >= 0.6 is 0 Å². The molecular weight excluding hydrogens is 348 g/mol. The third-order valence-corrected chi connectivity index (χ3v) is 4.65. The highest BCUT2D eigenvalue weighted by atomic mass is 14.1. The normalized spacial score (nSPS) is 8.83. The minimum atomic E-state index is 0. The highest BCUT2D eigenvalue weighted by Gasteiger charge is 2.01. The van der Waals surface area contributed by atoms with Crippen molar-refractivity contribution in [3.05, 3.63) is 81.9 Å². The SMILES string of the molecule is C.C.C.CCC(=C(C)C)c1cccc(C)c1.CCC(=C(C)C)c1cccc(C)c1. The monoisotopic (exact) mass is 396 g/mol. The fourth-order valence-corrected chi connectivity index (χ4v) is 3.36. The summed E-state index contributed by atoms with van der Waals surface area (Å²) in [6, 6.07) is 17.4. The third kappa shape index (κ3) is 10.3. The van der Waals surface area contributed by atoms with Crippen LogP contribution in [0.25, 0.3) is 11.1 Å². The first-order valence-corrected chi connectivity index (χ1v) is 9.76. The summed E-state index contributed by atoms with van der Waals surface area (Å²) >= 11 is 0. The molecule has 0 aromatic heterocycles. The van der Waals surface area contributed by atoms with Crippen molar-refractivity contribution >= 4 is 11.1 Å². The van der Waals surface area contributed by atoms with E-state index in [1.54, 1.807) is 0 Å². The molecule has 0 spiro atoms. The van der Waals surface area contributed by atoms with Crippen LogP contribution in [0, 0.1) is 13.8 Å². The number of benzene rings is 2. The summed E-state index contributed by atoms with van der Waals surface area (Å²) in [5.41, 5.74) is 11.2. The van der Waals surface area contributed by atoms with Crippen LogP contribution < -0.4 is 0 Å². The molecule has 0 N–H and O–H groups in total. The van der Waals surface area contributed by atoms with Gasteiger partial charge in [-0.15, -0.1) is 0 Å². The zero-order chi connectivity index (χ0) is 19.7. The molecule has 2 aromatic carbocycles. The number of aryl methyl sites for hydroxylation is 2. The van der Waals surface area contributed by atoms with Gasteiger partial charge in [-0.2, -0.15) is 0 Å². The van der Waals surface area contributed by atoms with Gasteiger partial charge >= 0.3 is 0 Å². The van der Waals surface area contributed by atoms with E-state index in [0.717, 1.165) is 12.8 Å². The lowest BCUT2D eigenvalue weighted by atomic mass is 9.98. The molecule has 0 bridgehead atoms. The molecule has 0 heteroatoms. The minimum Gasteiger partial charge on any atom is -0.0776 e. The molecule has 0 atom stereocenters. The van der Waals surface area contributed by atoms with Gasteiger partial charge < -0.3 is 0 Å². The van der Waals surface area contributed by atoms with Crippen LogP contribution in [-0.2, 0) is 0 Å². The van der Waals surface area contributed by atoms with E-state index < -0.39 is 0 Å². The lowest BCUT2D eigenvalue weighted by Gasteiger charge is -2.08. The Morgan fingerprint density at radius 2 is 0.897 bits per heavy atom. The molecule has 29 heavy (non-hydrogen) atoms. The van der Waals surface area contributed by atoms with Gasteiger partial charge in [-0.3, -0.25) is 0 Å². The molecule has 0 aliphatic carbocycles. The van der Waals surface area contributed by atoms with Crippen molar-refractivity contribution in [1.82, 2.24) is 0 Å². The van der Waals surface area contributed by atoms with Crippen LogP contribution in [0.15, 0.2) is 59.7 Å². The summed E-state index contributed by atoms with van der Waals surface area (Å²) in [5.74, 6) is 0. The molecule has 0 unspecified atom stereocenters. The van der Waals surface area contributed by atoms with E-state index >= 15 is 0 Å². The average molecular weight is 397 g/mol. The van der Waals surface area contributed by atoms with Crippen LogP contribution in [0.4, 0.5) is 0 Å². The Morgan fingerprint density at radius 3 is 1.10 bits per heavy atom. The summed E-state index contributed by atoms with van der Waals surface area (Å²) in [4.78, 5) is 0. The molecule has 0 nitrogen and oxygen atoms in total. The molecule has 0 saturated heterocycles. The van der Waals surface area contributed by atoms with E-state index in [1.807, 2.05) is 0 Å². The highest BCUT2D eigenvalue weighted by Crippen LogP contribution is 2.23. The Labute approximate surface area is 183 Å². The Morgan fingerprint density at radius 1 is 0.586 bits per heavy atom. The Balaban J connectivity index is -0.000000422. The molecule has 0 fully saturated rings. The maximum atomic E-state index is 2.26. The van der Waals surface area contributed by atoms with Gasteiger partial charge in [0.1, 0.15) is 0 Å². The lowest BCUT2D eigenvalue weighted by Crippen LogP contribution is -1.86. The van der Waals surface area contributed by atoms with Gasteiger partial charge in [-0.25, -0.2) is 0 Å². The maximum absolute atomic E-state index is 2.26. The number of rotatable bonds is 4. The fraction of sp³-hybridized carbons (Fsp3) is 0.448. The molecule has 2 aromatic rings. The number of allylic oxidation sites excluding steroid dienone is 4. The van der Waals surface area contributed by atoms with Crippen molar-refractivity contribution in [2.75, 3.05) is 0 Å². The Kier molecular flexibility index (Phi) is 17.2. The minimum absolute atomic E-state index is 0. The molecule has 0 aliphatic rings. The Hall–Kier alpha value is -2.08. The molecule has 0 saturated carbocycles. The summed E-state index contributed by atoms with van der Waals surface area (Å²) in [7, 11) is 0. The van der Waals surface area contributed by atoms with Gasteiger partial charge in [0.2, 0.25) is 0 Å². The van der Waals surface area contributed by atoms with Crippen LogP contribution in [0.2, 0.25) is 0 Å². The van der Waals surface area contributed by atoms with E-state index in [-0.39, 0.29) is 22.3 Å². The van der Waals surface area contributed by atoms with E-state index in [0.29, 0.717) is 0 Å². The van der Waals surface area contributed by atoms with Gasteiger partial charge in [0.15, 0.2) is 0 Å². The highest BCUT2D eigenvalue weighted by molar-refractivity contribution is 5.68. The first kappa shape index (κ1) is 31.6. The zero-order valence-corrected chi connectivity index (χ0v) is 18.0. The predicted molar refractivity (Wildman–Crippen MR) is 140 cm³/mol. The predicted octanol–water partition coefficient (Wildman–Crippen LogP) is 10.3. The Bertz CT molecular complexity index is 697. The van der Waals surface area contributed by atoms with Crippen molar-refractivity contribution in [1.29, 1.82) is 0 Å². The standard InChI is InChI=1S/2C13H18.3CH4/c2*1-5-13(10(2)3)12-8-6-7-11(4)9-12;;;/h2*6-9H,5H2,1-4H3;3*1H4. The van der Waals surface area contributed by atoms with Crippen molar-refractivity contribution in [3.63, 3.8) is 0 Å². The third-order valence-electron chi connectivity index (χ3n) is 4.65. The zero-order valence-electron chi connectivity index (χ0n) is 18.0. The second-order valence-electron chi connectivity index (χ2n) is 7.40. The number of hydrogen-bond donors (Lipinski definition) is 0. The topological polar surface area (TPSA) is 0 Å². The maximum Gasteiger partial charge on any atom is -0.0223 e. The van der Waals surface area contributed by atoms with Crippen molar-refractivity contribution < 1.29 is 0 Å². The van der Waals surface area contributed by atoms with E-state index in [1.165, 1.54) is 44.5 Å². The van der Waals surface area contributed by atoms with Gasteiger partial charge in [0, 0.05) is 0 Å².